The van der Waals surface area contributed by atoms with E-state index in [2.05, 4.69) is 20.9 Å². The summed E-state index contributed by atoms with van der Waals surface area (Å²) in [5.74, 6) is 0.670. The summed E-state index contributed by atoms with van der Waals surface area (Å²) in [5.41, 5.74) is 7.78. The van der Waals surface area contributed by atoms with Gasteiger partial charge in [-0.15, -0.1) is 0 Å². The normalized spacial score (nSPS) is 12.2. The van der Waals surface area contributed by atoms with E-state index in [4.69, 9.17) is 22.1 Å². The highest BCUT2D eigenvalue weighted by Gasteiger charge is 2.16. The third-order valence-corrected chi connectivity index (χ3v) is 3.85. The quantitative estimate of drug-likeness (QED) is 0.938. The van der Waals surface area contributed by atoms with Crippen LogP contribution in [0.4, 0.5) is 0 Å². The molecule has 2 N–H and O–H groups in total. The van der Waals surface area contributed by atoms with E-state index in [9.17, 15) is 0 Å². The van der Waals surface area contributed by atoms with Crippen molar-refractivity contribution in [3.63, 3.8) is 0 Å². The Labute approximate surface area is 119 Å². The minimum atomic E-state index is -0.369. The molecule has 2 aromatic rings. The minimum Gasteiger partial charge on any atom is -0.495 e. The molecule has 0 saturated carbocycles. The lowest BCUT2D eigenvalue weighted by Crippen LogP contribution is -2.14. The van der Waals surface area contributed by atoms with E-state index >= 15 is 0 Å². The van der Waals surface area contributed by atoms with Gasteiger partial charge in [-0.2, -0.15) is 0 Å². The van der Waals surface area contributed by atoms with Gasteiger partial charge in [0, 0.05) is 10.7 Å². The Morgan fingerprint density at radius 1 is 1.39 bits per heavy atom. The second-order valence-electron chi connectivity index (χ2n) is 3.74. The van der Waals surface area contributed by atoms with Crippen LogP contribution in [0.5, 0.6) is 5.75 Å². The summed E-state index contributed by atoms with van der Waals surface area (Å²) < 4.78 is 6.10. The van der Waals surface area contributed by atoms with Crippen LogP contribution in [0, 0.1) is 0 Å². The van der Waals surface area contributed by atoms with Gasteiger partial charge in [-0.1, -0.05) is 17.7 Å². The molecule has 94 valence electrons. The Hall–Kier alpha value is -1.10. The first-order valence-corrected chi connectivity index (χ1v) is 6.50. The first-order valence-electron chi connectivity index (χ1n) is 5.33. The molecular weight excluding hydrogens is 316 g/mol. The van der Waals surface area contributed by atoms with E-state index in [1.807, 2.05) is 30.3 Å². The van der Waals surface area contributed by atoms with Crippen LogP contribution in [0.1, 0.15) is 17.3 Å². The predicted molar refractivity (Wildman–Crippen MR) is 76.0 cm³/mol. The number of nitrogens with two attached hydrogens (primary N) is 1. The van der Waals surface area contributed by atoms with E-state index in [0.717, 1.165) is 10.0 Å². The van der Waals surface area contributed by atoms with Gasteiger partial charge < -0.3 is 10.5 Å². The maximum Gasteiger partial charge on any atom is 0.142 e. The molecule has 0 radical (unpaired) electrons. The third-order valence-electron chi connectivity index (χ3n) is 2.62. The number of rotatable bonds is 3. The van der Waals surface area contributed by atoms with E-state index < -0.39 is 0 Å². The zero-order valence-corrected chi connectivity index (χ0v) is 12.1. The maximum absolute atomic E-state index is 6.20. The number of methoxy groups -OCH3 is 1. The van der Waals surface area contributed by atoms with Crippen molar-refractivity contribution < 1.29 is 4.74 Å². The highest BCUT2D eigenvalue weighted by molar-refractivity contribution is 9.10. The number of pyridine rings is 1. The molecule has 0 amide bonds. The lowest BCUT2D eigenvalue weighted by molar-refractivity contribution is 0.404. The van der Waals surface area contributed by atoms with E-state index in [0.29, 0.717) is 16.5 Å². The smallest absolute Gasteiger partial charge is 0.142 e. The van der Waals surface area contributed by atoms with E-state index in [1.165, 1.54) is 0 Å². The lowest BCUT2D eigenvalue weighted by Gasteiger charge is -2.15. The van der Waals surface area contributed by atoms with Crippen LogP contribution in [0.2, 0.25) is 5.02 Å². The standard InChI is InChI=1S/C13H12BrClN2O/c1-18-11-3-2-6-17-13(11)12(16)8-4-5-9(14)10(15)7-8/h2-7,12H,16H2,1H3. The third kappa shape index (κ3) is 2.66. The average molecular weight is 328 g/mol. The largest absolute Gasteiger partial charge is 0.495 e. The molecule has 0 bridgehead atoms. The van der Waals surface area contributed by atoms with Crippen molar-refractivity contribution in [3.8, 4) is 5.75 Å². The molecule has 1 heterocycles. The predicted octanol–water partition coefficient (Wildman–Crippen LogP) is 3.55. The monoisotopic (exact) mass is 326 g/mol. The van der Waals surface area contributed by atoms with Gasteiger partial charge in [0.1, 0.15) is 11.4 Å². The van der Waals surface area contributed by atoms with Crippen LogP contribution in [-0.2, 0) is 0 Å². The summed E-state index contributed by atoms with van der Waals surface area (Å²) in [4.78, 5) is 4.27. The van der Waals surface area contributed by atoms with Gasteiger partial charge in [0.2, 0.25) is 0 Å². The Morgan fingerprint density at radius 2 is 2.17 bits per heavy atom. The summed E-state index contributed by atoms with van der Waals surface area (Å²) in [7, 11) is 1.60. The van der Waals surface area contributed by atoms with Crippen LogP contribution in [0.15, 0.2) is 41.0 Å². The maximum atomic E-state index is 6.20. The Bertz CT molecular complexity index is 562. The Morgan fingerprint density at radius 3 is 2.83 bits per heavy atom. The number of hydrogen-bond donors (Lipinski definition) is 1. The molecule has 0 saturated heterocycles. The number of hydrogen-bond acceptors (Lipinski definition) is 3. The molecule has 0 fully saturated rings. The fourth-order valence-electron chi connectivity index (χ4n) is 1.67. The number of benzene rings is 1. The molecule has 5 heteroatoms. The summed E-state index contributed by atoms with van der Waals surface area (Å²) in [6.07, 6.45) is 1.69. The van der Waals surface area contributed by atoms with Crippen molar-refractivity contribution in [2.45, 2.75) is 6.04 Å². The average Bonchev–Trinajstić information content (AvgIpc) is 2.41. The SMILES string of the molecule is COc1cccnc1C(N)c1ccc(Br)c(Cl)c1. The molecular formula is C13H12BrClN2O. The summed E-state index contributed by atoms with van der Waals surface area (Å²) in [5, 5.41) is 0.623. The van der Waals surface area contributed by atoms with E-state index in [1.54, 1.807) is 13.3 Å². The topological polar surface area (TPSA) is 48.1 Å². The van der Waals surface area contributed by atoms with Crippen LogP contribution in [-0.4, -0.2) is 12.1 Å². The second-order valence-corrected chi connectivity index (χ2v) is 5.00. The van der Waals surface area contributed by atoms with Gasteiger partial charge in [-0.25, -0.2) is 0 Å². The van der Waals surface area contributed by atoms with Crippen molar-refractivity contribution in [1.29, 1.82) is 0 Å². The minimum absolute atomic E-state index is 0.369. The molecule has 0 aliphatic carbocycles. The highest BCUT2D eigenvalue weighted by Crippen LogP contribution is 2.30. The second kappa shape index (κ2) is 5.69. The summed E-state index contributed by atoms with van der Waals surface area (Å²) >= 11 is 9.41. The summed E-state index contributed by atoms with van der Waals surface area (Å²) in [6.45, 7) is 0. The molecule has 0 aliphatic heterocycles. The van der Waals surface area contributed by atoms with Crippen molar-refractivity contribution in [1.82, 2.24) is 4.98 Å². The molecule has 1 aromatic carbocycles. The van der Waals surface area contributed by atoms with Crippen molar-refractivity contribution >= 4 is 27.5 Å². The molecule has 3 nitrogen and oxygen atoms in total. The van der Waals surface area contributed by atoms with Gasteiger partial charge >= 0.3 is 0 Å². The van der Waals surface area contributed by atoms with Gasteiger partial charge in [0.15, 0.2) is 0 Å². The zero-order valence-electron chi connectivity index (χ0n) is 9.73. The first-order chi connectivity index (χ1) is 8.63. The number of ether oxygens (including phenoxy) is 1. The fraction of sp³-hybridized carbons (Fsp3) is 0.154. The van der Waals surface area contributed by atoms with Gasteiger partial charge in [0.05, 0.1) is 18.2 Å². The molecule has 1 atom stereocenters. The van der Waals surface area contributed by atoms with Gasteiger partial charge in [0.25, 0.3) is 0 Å². The zero-order chi connectivity index (χ0) is 13.1. The number of aromatic nitrogens is 1. The molecule has 0 spiro atoms. The Balaban J connectivity index is 2.41. The van der Waals surface area contributed by atoms with Crippen LogP contribution in [0.25, 0.3) is 0 Å². The van der Waals surface area contributed by atoms with E-state index in [-0.39, 0.29) is 6.04 Å². The highest BCUT2D eigenvalue weighted by atomic mass is 79.9. The molecule has 18 heavy (non-hydrogen) atoms. The number of halogens is 2. The van der Waals surface area contributed by atoms with Crippen LogP contribution < -0.4 is 10.5 Å². The molecule has 0 aliphatic rings. The van der Waals surface area contributed by atoms with Crippen LogP contribution in [0.3, 0.4) is 0 Å². The Kier molecular flexibility index (Phi) is 4.22. The molecule has 1 unspecified atom stereocenters. The number of nitrogens with zero attached hydrogens (tertiary/aromatic N) is 1. The van der Waals surface area contributed by atoms with Crippen molar-refractivity contribution in [2.75, 3.05) is 7.11 Å². The summed E-state index contributed by atoms with van der Waals surface area (Å²) in [6, 6.07) is 8.88. The molecule has 1 aromatic heterocycles. The van der Waals surface area contributed by atoms with Crippen molar-refractivity contribution in [2.24, 2.45) is 5.73 Å². The first kappa shape index (κ1) is 13.3. The lowest BCUT2D eigenvalue weighted by atomic mass is 10.0. The fourth-order valence-corrected chi connectivity index (χ4v) is 2.11. The van der Waals surface area contributed by atoms with Gasteiger partial charge in [-0.05, 0) is 45.8 Å². The van der Waals surface area contributed by atoms with Crippen molar-refractivity contribution in [3.05, 3.63) is 57.3 Å². The van der Waals surface area contributed by atoms with Crippen LogP contribution >= 0.6 is 27.5 Å². The van der Waals surface area contributed by atoms with Gasteiger partial charge in [-0.3, -0.25) is 4.98 Å². The molecule has 2 rings (SSSR count).